The number of pyridine rings is 1. The second-order valence-corrected chi connectivity index (χ2v) is 11.3. The van der Waals surface area contributed by atoms with Crippen molar-refractivity contribution in [2.75, 3.05) is 11.5 Å². The summed E-state index contributed by atoms with van der Waals surface area (Å²) in [4.78, 5) is 14.5. The fourth-order valence-corrected chi connectivity index (χ4v) is 5.61. The minimum atomic E-state index is -0.805. The zero-order valence-electron chi connectivity index (χ0n) is 21.3. The van der Waals surface area contributed by atoms with Gasteiger partial charge in [0, 0.05) is 42.1 Å². The van der Waals surface area contributed by atoms with Gasteiger partial charge in [-0.1, -0.05) is 23.7 Å². The van der Waals surface area contributed by atoms with Crippen LogP contribution in [0.4, 0.5) is 5.69 Å². The van der Waals surface area contributed by atoms with E-state index in [-0.39, 0.29) is 18.5 Å². The van der Waals surface area contributed by atoms with Gasteiger partial charge < -0.3 is 29.9 Å². The zero-order chi connectivity index (χ0) is 26.6. The highest BCUT2D eigenvalue weighted by Gasteiger charge is 2.36. The van der Waals surface area contributed by atoms with E-state index in [0.29, 0.717) is 47.8 Å². The summed E-state index contributed by atoms with van der Waals surface area (Å²) in [6.07, 6.45) is 2.21. The number of hydrogen-bond acceptors (Lipinski definition) is 8. The largest absolute Gasteiger partial charge is 0.459 e. The minimum absolute atomic E-state index is 0.0629. The number of benzene rings is 1. The van der Waals surface area contributed by atoms with E-state index in [1.54, 1.807) is 19.9 Å². The molecular formula is C27H31ClN6O4. The summed E-state index contributed by atoms with van der Waals surface area (Å²) in [5.74, 6) is -0.176. The second kappa shape index (κ2) is 9.53. The van der Waals surface area contributed by atoms with E-state index in [0.717, 1.165) is 23.5 Å². The van der Waals surface area contributed by atoms with E-state index in [2.05, 4.69) is 25.0 Å². The first-order chi connectivity index (χ1) is 18.2. The quantitative estimate of drug-likeness (QED) is 0.282. The molecule has 3 aromatic heterocycles. The van der Waals surface area contributed by atoms with Crippen LogP contribution in [-0.2, 0) is 19.6 Å². The number of hydrogen-bond donors (Lipinski definition) is 4. The first-order valence-electron chi connectivity index (χ1n) is 12.8. The number of ether oxygens (including phenoxy) is 1. The molecule has 2 aliphatic rings. The number of fused-ring (bicyclic) bond motifs is 2. The average molecular weight is 539 g/mol. The SMILES string of the molecule is CC(C)(O)Cn1cc2c(n1)CN(c1ccc(-c3nc4nc(O[C@@H]5CC[C@H](CO)[C@H]5O)[nH]c4cc3Cl)cc1)C2. The van der Waals surface area contributed by atoms with Crippen molar-refractivity contribution in [3.8, 4) is 17.3 Å². The lowest BCUT2D eigenvalue weighted by atomic mass is 10.1. The number of imidazole rings is 1. The Hall–Kier alpha value is -3.18. The molecule has 1 fully saturated rings. The van der Waals surface area contributed by atoms with Crippen LogP contribution in [0.15, 0.2) is 36.5 Å². The third kappa shape index (κ3) is 4.84. The van der Waals surface area contributed by atoms with Gasteiger partial charge >= 0.3 is 0 Å². The summed E-state index contributed by atoms with van der Waals surface area (Å²) in [6.45, 7) is 5.43. The van der Waals surface area contributed by atoms with E-state index in [4.69, 9.17) is 16.3 Å². The fraction of sp³-hybridized carbons (Fsp3) is 0.444. The van der Waals surface area contributed by atoms with Crippen molar-refractivity contribution in [2.24, 2.45) is 5.92 Å². The van der Waals surface area contributed by atoms with Gasteiger partial charge in [0.15, 0.2) is 5.65 Å². The Bertz CT molecular complexity index is 1440. The highest BCUT2D eigenvalue weighted by atomic mass is 35.5. The topological polar surface area (TPSA) is 133 Å². The zero-order valence-corrected chi connectivity index (χ0v) is 22.1. The standard InChI is InChI=1S/C27H31ClN6O4/c1-27(2,37)14-34-11-17-10-33(12-21(17)32-34)18-6-3-15(4-7-18)23-19(28)9-20-25(30-23)31-26(29-20)38-22-8-5-16(13-35)24(22)36/h3-4,6-7,9,11,16,22,24,35-37H,5,8,10,12-14H2,1-2H3,(H,29,30,31)/t16-,22-,24-/m1/s1. The van der Waals surface area contributed by atoms with E-state index in [1.165, 1.54) is 5.56 Å². The van der Waals surface area contributed by atoms with E-state index >= 15 is 0 Å². The molecule has 1 aliphatic heterocycles. The van der Waals surface area contributed by atoms with Crippen molar-refractivity contribution in [2.45, 2.75) is 64.1 Å². The Balaban J connectivity index is 1.16. The van der Waals surface area contributed by atoms with Gasteiger partial charge in [0.25, 0.3) is 6.01 Å². The summed E-state index contributed by atoms with van der Waals surface area (Å²) in [5, 5.41) is 34.9. The van der Waals surface area contributed by atoms with Crippen molar-refractivity contribution in [3.63, 3.8) is 0 Å². The van der Waals surface area contributed by atoms with Gasteiger partial charge in [0.1, 0.15) is 6.10 Å². The molecule has 0 spiro atoms. The molecule has 0 bridgehead atoms. The summed E-state index contributed by atoms with van der Waals surface area (Å²) < 4.78 is 7.70. The van der Waals surface area contributed by atoms with Crippen molar-refractivity contribution in [1.29, 1.82) is 0 Å². The number of H-pyrrole nitrogens is 1. The number of rotatable bonds is 7. The Morgan fingerprint density at radius 1 is 1.16 bits per heavy atom. The maximum atomic E-state index is 10.3. The number of aromatic nitrogens is 5. The minimum Gasteiger partial charge on any atom is -0.459 e. The molecule has 10 nitrogen and oxygen atoms in total. The van der Waals surface area contributed by atoms with Gasteiger partial charge in [-0.05, 0) is 44.9 Å². The third-order valence-electron chi connectivity index (χ3n) is 7.27. The Morgan fingerprint density at radius 3 is 2.63 bits per heavy atom. The van der Waals surface area contributed by atoms with Gasteiger partial charge in [0.2, 0.25) is 0 Å². The molecule has 0 saturated heterocycles. The Morgan fingerprint density at radius 2 is 1.95 bits per heavy atom. The molecule has 38 heavy (non-hydrogen) atoms. The second-order valence-electron chi connectivity index (χ2n) is 10.9. The molecular weight excluding hydrogens is 508 g/mol. The predicted molar refractivity (Wildman–Crippen MR) is 143 cm³/mol. The molecule has 6 rings (SSSR count). The molecule has 200 valence electrons. The highest BCUT2D eigenvalue weighted by molar-refractivity contribution is 6.33. The van der Waals surface area contributed by atoms with Crippen molar-refractivity contribution in [1.82, 2.24) is 24.7 Å². The highest BCUT2D eigenvalue weighted by Crippen LogP contribution is 2.34. The molecule has 4 N–H and O–H groups in total. The van der Waals surface area contributed by atoms with Gasteiger partial charge in [-0.2, -0.15) is 10.1 Å². The molecule has 11 heteroatoms. The number of aliphatic hydroxyl groups excluding tert-OH is 2. The van der Waals surface area contributed by atoms with Crippen LogP contribution in [0.2, 0.25) is 5.02 Å². The average Bonchev–Trinajstić information content (AvgIpc) is 3.61. The Kier molecular flexibility index (Phi) is 6.30. The molecule has 0 amide bonds. The van der Waals surface area contributed by atoms with Crippen molar-refractivity contribution < 1.29 is 20.1 Å². The van der Waals surface area contributed by atoms with Crippen LogP contribution in [0, 0.1) is 5.92 Å². The summed E-state index contributed by atoms with van der Waals surface area (Å²) in [7, 11) is 0. The van der Waals surface area contributed by atoms with Crippen LogP contribution in [0.5, 0.6) is 6.01 Å². The molecule has 4 heterocycles. The molecule has 0 radical (unpaired) electrons. The number of aliphatic hydroxyl groups is 3. The van der Waals surface area contributed by atoms with Crippen LogP contribution >= 0.6 is 11.6 Å². The van der Waals surface area contributed by atoms with E-state index in [1.807, 2.05) is 35.1 Å². The lowest BCUT2D eigenvalue weighted by molar-refractivity contribution is 0.0155. The van der Waals surface area contributed by atoms with Crippen LogP contribution in [0.1, 0.15) is 37.9 Å². The van der Waals surface area contributed by atoms with Crippen LogP contribution in [0.25, 0.3) is 22.4 Å². The summed E-state index contributed by atoms with van der Waals surface area (Å²) >= 11 is 6.59. The maximum Gasteiger partial charge on any atom is 0.296 e. The molecule has 1 aliphatic carbocycles. The number of nitrogens with zero attached hydrogens (tertiary/aromatic N) is 5. The first-order valence-corrected chi connectivity index (χ1v) is 13.2. The molecule has 0 unspecified atom stereocenters. The lowest BCUT2D eigenvalue weighted by Gasteiger charge is -2.20. The van der Waals surface area contributed by atoms with Crippen molar-refractivity contribution >= 4 is 28.5 Å². The lowest BCUT2D eigenvalue weighted by Crippen LogP contribution is -2.31. The number of nitrogens with one attached hydrogen (secondary N) is 1. The maximum absolute atomic E-state index is 10.3. The summed E-state index contributed by atoms with van der Waals surface area (Å²) in [5.41, 5.74) is 5.08. The van der Waals surface area contributed by atoms with E-state index < -0.39 is 17.8 Å². The van der Waals surface area contributed by atoms with Gasteiger partial charge in [-0.3, -0.25) is 4.68 Å². The normalized spacial score (nSPS) is 21.4. The fourth-order valence-electron chi connectivity index (χ4n) is 5.35. The smallest absolute Gasteiger partial charge is 0.296 e. The molecule has 1 aromatic carbocycles. The summed E-state index contributed by atoms with van der Waals surface area (Å²) in [6, 6.07) is 10.1. The Labute approximate surface area is 224 Å². The van der Waals surface area contributed by atoms with E-state index in [9.17, 15) is 15.3 Å². The number of anilines is 1. The molecule has 3 atom stereocenters. The molecule has 1 saturated carbocycles. The van der Waals surface area contributed by atoms with Crippen LogP contribution in [0.3, 0.4) is 0 Å². The van der Waals surface area contributed by atoms with Gasteiger partial charge in [-0.15, -0.1) is 0 Å². The number of halogens is 1. The monoisotopic (exact) mass is 538 g/mol. The predicted octanol–water partition coefficient (Wildman–Crippen LogP) is 3.28. The molecule has 4 aromatic rings. The third-order valence-corrected chi connectivity index (χ3v) is 7.56. The van der Waals surface area contributed by atoms with Gasteiger partial charge in [-0.25, -0.2) is 4.98 Å². The van der Waals surface area contributed by atoms with Gasteiger partial charge in [0.05, 0.1) is 46.7 Å². The first kappa shape index (κ1) is 25.1. The van der Waals surface area contributed by atoms with Crippen LogP contribution in [-0.4, -0.2) is 64.5 Å². The number of aromatic amines is 1. The van der Waals surface area contributed by atoms with Crippen LogP contribution < -0.4 is 9.64 Å². The van der Waals surface area contributed by atoms with Crippen molar-refractivity contribution in [3.05, 3.63) is 52.8 Å².